The van der Waals surface area contributed by atoms with Crippen molar-refractivity contribution in [1.29, 1.82) is 0 Å². The van der Waals surface area contributed by atoms with Gasteiger partial charge in [-0.3, -0.25) is 4.79 Å². The fraction of sp³-hybridized carbons (Fsp3) is 0.222. The number of benzene rings is 2. The van der Waals surface area contributed by atoms with Crippen LogP contribution in [0.15, 0.2) is 53.0 Å². The van der Waals surface area contributed by atoms with Gasteiger partial charge in [0.1, 0.15) is 5.75 Å². The molecule has 24 heavy (non-hydrogen) atoms. The molecule has 6 heteroatoms. The standard InChI is InChI=1S/C18H18BrNO4/c1-12-4-3-5-16(10-12)23-11-17(21)24-13(2)18(22)20-15-8-6-14(19)7-9-15/h3-10,13H,11H2,1-2H3,(H,20,22)/t13-/m1/s1. The van der Waals surface area contributed by atoms with E-state index in [1.807, 2.05) is 37.3 Å². The van der Waals surface area contributed by atoms with Crippen molar-refractivity contribution in [1.82, 2.24) is 0 Å². The van der Waals surface area contributed by atoms with Crippen molar-refractivity contribution in [2.45, 2.75) is 20.0 Å². The van der Waals surface area contributed by atoms with Gasteiger partial charge >= 0.3 is 5.97 Å². The predicted octanol–water partition coefficient (Wildman–Crippen LogP) is 3.71. The van der Waals surface area contributed by atoms with Crippen molar-refractivity contribution in [3.8, 4) is 5.75 Å². The molecule has 1 N–H and O–H groups in total. The van der Waals surface area contributed by atoms with Gasteiger partial charge in [-0.2, -0.15) is 0 Å². The SMILES string of the molecule is Cc1cccc(OCC(=O)O[C@H](C)C(=O)Nc2ccc(Br)cc2)c1. The zero-order valence-corrected chi connectivity index (χ0v) is 15.0. The van der Waals surface area contributed by atoms with Crippen LogP contribution in [0.1, 0.15) is 12.5 Å². The van der Waals surface area contributed by atoms with Gasteiger partial charge in [0, 0.05) is 10.2 Å². The molecule has 0 saturated carbocycles. The number of hydrogen-bond donors (Lipinski definition) is 1. The van der Waals surface area contributed by atoms with Crippen LogP contribution in [0.25, 0.3) is 0 Å². The lowest BCUT2D eigenvalue weighted by Gasteiger charge is -2.14. The zero-order valence-electron chi connectivity index (χ0n) is 13.4. The molecule has 0 aromatic heterocycles. The molecule has 1 atom stereocenters. The minimum atomic E-state index is -0.915. The van der Waals surface area contributed by atoms with Crippen LogP contribution in [0, 0.1) is 6.92 Å². The fourth-order valence-electron chi connectivity index (χ4n) is 1.91. The van der Waals surface area contributed by atoms with E-state index in [1.54, 1.807) is 18.2 Å². The minimum Gasteiger partial charge on any atom is -0.482 e. The van der Waals surface area contributed by atoms with E-state index in [0.29, 0.717) is 11.4 Å². The summed E-state index contributed by atoms with van der Waals surface area (Å²) in [5.41, 5.74) is 1.66. The minimum absolute atomic E-state index is 0.251. The summed E-state index contributed by atoms with van der Waals surface area (Å²) in [6.07, 6.45) is -0.915. The average molecular weight is 392 g/mol. The van der Waals surface area contributed by atoms with Gasteiger partial charge in [0.15, 0.2) is 12.7 Å². The molecular weight excluding hydrogens is 374 g/mol. The Bertz CT molecular complexity index is 715. The summed E-state index contributed by atoms with van der Waals surface area (Å²) in [7, 11) is 0. The first kappa shape index (κ1) is 18.0. The Hall–Kier alpha value is -2.34. The summed E-state index contributed by atoms with van der Waals surface area (Å²) >= 11 is 3.32. The molecule has 2 aromatic rings. The summed E-state index contributed by atoms with van der Waals surface area (Å²) in [6, 6.07) is 14.4. The van der Waals surface area contributed by atoms with Gasteiger partial charge in [0.2, 0.25) is 0 Å². The molecule has 0 unspecified atom stereocenters. The average Bonchev–Trinajstić information content (AvgIpc) is 2.55. The van der Waals surface area contributed by atoms with Crippen molar-refractivity contribution in [2.75, 3.05) is 11.9 Å². The molecule has 0 aliphatic carbocycles. The van der Waals surface area contributed by atoms with E-state index in [9.17, 15) is 9.59 Å². The monoisotopic (exact) mass is 391 g/mol. The van der Waals surface area contributed by atoms with E-state index in [4.69, 9.17) is 9.47 Å². The third-order valence-corrected chi connectivity index (χ3v) is 3.66. The molecule has 0 spiro atoms. The molecule has 0 aliphatic heterocycles. The summed E-state index contributed by atoms with van der Waals surface area (Å²) in [5.74, 6) is -0.421. The number of aryl methyl sites for hydroxylation is 1. The van der Waals surface area contributed by atoms with Crippen LogP contribution in [0.4, 0.5) is 5.69 Å². The Morgan fingerprint density at radius 3 is 2.54 bits per heavy atom. The van der Waals surface area contributed by atoms with E-state index < -0.39 is 18.0 Å². The van der Waals surface area contributed by atoms with Crippen molar-refractivity contribution >= 4 is 33.5 Å². The van der Waals surface area contributed by atoms with Crippen LogP contribution < -0.4 is 10.1 Å². The summed E-state index contributed by atoms with van der Waals surface area (Å²) in [5, 5.41) is 2.68. The van der Waals surface area contributed by atoms with Gasteiger partial charge in [0.25, 0.3) is 5.91 Å². The smallest absolute Gasteiger partial charge is 0.344 e. The third-order valence-electron chi connectivity index (χ3n) is 3.14. The van der Waals surface area contributed by atoms with Crippen LogP contribution in [-0.2, 0) is 14.3 Å². The van der Waals surface area contributed by atoms with E-state index >= 15 is 0 Å². The van der Waals surface area contributed by atoms with Gasteiger partial charge in [-0.05, 0) is 55.8 Å². The summed E-state index contributed by atoms with van der Waals surface area (Å²) in [4.78, 5) is 23.8. The van der Waals surface area contributed by atoms with Crippen LogP contribution in [0.2, 0.25) is 0 Å². The number of anilines is 1. The number of hydrogen-bond acceptors (Lipinski definition) is 4. The second-order valence-corrected chi connectivity index (χ2v) is 6.15. The second kappa shape index (κ2) is 8.49. The molecule has 5 nitrogen and oxygen atoms in total. The Morgan fingerprint density at radius 2 is 1.88 bits per heavy atom. The molecule has 0 fully saturated rings. The van der Waals surface area contributed by atoms with Gasteiger partial charge < -0.3 is 14.8 Å². The highest BCUT2D eigenvalue weighted by Crippen LogP contribution is 2.15. The molecule has 0 saturated heterocycles. The molecule has 126 valence electrons. The van der Waals surface area contributed by atoms with Crippen LogP contribution in [0.5, 0.6) is 5.75 Å². The van der Waals surface area contributed by atoms with Crippen molar-refractivity contribution in [3.05, 3.63) is 58.6 Å². The highest BCUT2D eigenvalue weighted by Gasteiger charge is 2.18. The highest BCUT2D eigenvalue weighted by atomic mass is 79.9. The molecule has 0 radical (unpaired) electrons. The predicted molar refractivity (Wildman–Crippen MR) is 95.0 cm³/mol. The molecule has 0 aliphatic rings. The first-order valence-corrected chi connectivity index (χ1v) is 8.19. The summed E-state index contributed by atoms with van der Waals surface area (Å²) < 4.78 is 11.3. The maximum Gasteiger partial charge on any atom is 0.344 e. The number of ether oxygens (including phenoxy) is 2. The van der Waals surface area contributed by atoms with E-state index in [-0.39, 0.29) is 6.61 Å². The number of amides is 1. The second-order valence-electron chi connectivity index (χ2n) is 5.23. The van der Waals surface area contributed by atoms with Gasteiger partial charge in [-0.1, -0.05) is 28.1 Å². The van der Waals surface area contributed by atoms with E-state index in [0.717, 1.165) is 10.0 Å². The highest BCUT2D eigenvalue weighted by molar-refractivity contribution is 9.10. The first-order valence-electron chi connectivity index (χ1n) is 7.39. The largest absolute Gasteiger partial charge is 0.482 e. The number of carbonyl (C=O) groups is 2. The van der Waals surface area contributed by atoms with Gasteiger partial charge in [0.05, 0.1) is 0 Å². The quantitative estimate of drug-likeness (QED) is 0.762. The van der Waals surface area contributed by atoms with Crippen LogP contribution in [-0.4, -0.2) is 24.6 Å². The van der Waals surface area contributed by atoms with E-state index in [2.05, 4.69) is 21.2 Å². The maximum absolute atomic E-state index is 12.0. The van der Waals surface area contributed by atoms with Gasteiger partial charge in [-0.25, -0.2) is 4.79 Å². The third kappa shape index (κ3) is 5.70. The molecule has 0 heterocycles. The van der Waals surface area contributed by atoms with Crippen molar-refractivity contribution < 1.29 is 19.1 Å². The zero-order chi connectivity index (χ0) is 17.5. The first-order chi connectivity index (χ1) is 11.4. The van der Waals surface area contributed by atoms with Crippen molar-refractivity contribution in [3.63, 3.8) is 0 Å². The topological polar surface area (TPSA) is 64.6 Å². The molecular formula is C18H18BrNO4. The Balaban J connectivity index is 1.80. The number of halogens is 1. The molecule has 0 bridgehead atoms. The number of nitrogens with one attached hydrogen (secondary N) is 1. The van der Waals surface area contributed by atoms with Gasteiger partial charge in [-0.15, -0.1) is 0 Å². The van der Waals surface area contributed by atoms with E-state index in [1.165, 1.54) is 6.92 Å². The van der Waals surface area contributed by atoms with Crippen LogP contribution in [0.3, 0.4) is 0 Å². The molecule has 2 rings (SSSR count). The normalized spacial score (nSPS) is 11.5. The maximum atomic E-state index is 12.0. The number of rotatable bonds is 6. The Kier molecular flexibility index (Phi) is 6.37. The lowest BCUT2D eigenvalue weighted by Crippen LogP contribution is -2.31. The molecule has 2 aromatic carbocycles. The molecule has 1 amide bonds. The van der Waals surface area contributed by atoms with Crippen molar-refractivity contribution in [2.24, 2.45) is 0 Å². The lowest BCUT2D eigenvalue weighted by atomic mass is 10.2. The fourth-order valence-corrected chi connectivity index (χ4v) is 2.17. The number of carbonyl (C=O) groups excluding carboxylic acids is 2. The summed E-state index contributed by atoms with van der Waals surface area (Å²) in [6.45, 7) is 3.19. The van der Waals surface area contributed by atoms with Crippen LogP contribution >= 0.6 is 15.9 Å². The lowest BCUT2D eigenvalue weighted by molar-refractivity contribution is -0.155. The number of esters is 1. The Morgan fingerprint density at radius 1 is 1.17 bits per heavy atom. The Labute approximate surface area is 149 Å².